The van der Waals surface area contributed by atoms with Gasteiger partial charge in [0.15, 0.2) is 0 Å². The van der Waals surface area contributed by atoms with E-state index in [0.29, 0.717) is 0 Å². The van der Waals surface area contributed by atoms with Gasteiger partial charge in [-0.2, -0.15) is 0 Å². The first-order chi connectivity index (χ1) is 6.91. The highest BCUT2D eigenvalue weighted by Gasteiger charge is 2.14. The van der Waals surface area contributed by atoms with Crippen molar-refractivity contribution in [2.45, 2.75) is 38.5 Å². The quantitative estimate of drug-likeness (QED) is 0.399. The van der Waals surface area contributed by atoms with Gasteiger partial charge in [0.2, 0.25) is 12.9 Å². The summed E-state index contributed by atoms with van der Waals surface area (Å²) in [5, 5.41) is 0. The van der Waals surface area contributed by atoms with Gasteiger partial charge in [0, 0.05) is 12.8 Å². The molecule has 15 heavy (non-hydrogen) atoms. The highest BCUT2D eigenvalue weighted by molar-refractivity contribution is 5.85. The molecular formula is C8H10F4O3. The third-order valence-corrected chi connectivity index (χ3v) is 1.36. The molecule has 0 spiro atoms. The first-order valence-corrected chi connectivity index (χ1v) is 4.21. The Bertz CT molecular complexity index is 196. The lowest BCUT2D eigenvalue weighted by atomic mass is 10.3. The van der Waals surface area contributed by atoms with Crippen LogP contribution in [0.4, 0.5) is 17.6 Å². The Balaban J connectivity index is 3.63. The van der Waals surface area contributed by atoms with E-state index in [2.05, 4.69) is 4.74 Å². The van der Waals surface area contributed by atoms with Crippen LogP contribution in [0.5, 0.6) is 0 Å². The maximum Gasteiger partial charge on any atom is 0.313 e. The van der Waals surface area contributed by atoms with Gasteiger partial charge in [0.25, 0.3) is 0 Å². The molecule has 0 amide bonds. The van der Waals surface area contributed by atoms with E-state index in [9.17, 15) is 27.2 Å². The summed E-state index contributed by atoms with van der Waals surface area (Å²) in [6, 6.07) is 0. The summed E-state index contributed by atoms with van der Waals surface area (Å²) < 4.78 is 50.4. The molecule has 0 atom stereocenters. The molecule has 0 aromatic heterocycles. The van der Waals surface area contributed by atoms with Crippen LogP contribution >= 0.6 is 0 Å². The Kier molecular flexibility index (Phi) is 6.64. The van der Waals surface area contributed by atoms with E-state index < -0.39 is 50.5 Å². The van der Waals surface area contributed by atoms with Crippen molar-refractivity contribution in [2.24, 2.45) is 0 Å². The zero-order valence-electron chi connectivity index (χ0n) is 7.72. The van der Waals surface area contributed by atoms with Gasteiger partial charge in [0.1, 0.15) is 0 Å². The molecule has 3 nitrogen and oxygen atoms in total. The molecule has 0 heterocycles. The topological polar surface area (TPSA) is 43.4 Å². The van der Waals surface area contributed by atoms with Gasteiger partial charge in [-0.05, 0) is 0 Å². The third-order valence-electron chi connectivity index (χ3n) is 1.36. The molecule has 0 aliphatic rings. The maximum atomic E-state index is 11.6. The Morgan fingerprint density at radius 1 is 0.867 bits per heavy atom. The zero-order valence-corrected chi connectivity index (χ0v) is 7.72. The molecule has 0 radical (unpaired) electrons. The lowest BCUT2D eigenvalue weighted by Crippen LogP contribution is -2.13. The summed E-state index contributed by atoms with van der Waals surface area (Å²) in [4.78, 5) is 21.3. The second-order valence-electron chi connectivity index (χ2n) is 2.71. The van der Waals surface area contributed by atoms with Gasteiger partial charge in [-0.15, -0.1) is 0 Å². The standard InChI is InChI=1S/C8H10F4O3/c9-5(10)1-3-7(13)15-8(14)4-2-6(11)12/h5-6H,1-4H2. The summed E-state index contributed by atoms with van der Waals surface area (Å²) in [6.07, 6.45) is -7.93. The van der Waals surface area contributed by atoms with Crippen LogP contribution in [0.25, 0.3) is 0 Å². The Labute approximate surface area is 83.4 Å². The highest BCUT2D eigenvalue weighted by Crippen LogP contribution is 2.07. The van der Waals surface area contributed by atoms with E-state index >= 15 is 0 Å². The average Bonchev–Trinajstić information content (AvgIpc) is 2.11. The van der Waals surface area contributed by atoms with Gasteiger partial charge in [-0.3, -0.25) is 9.59 Å². The van der Waals surface area contributed by atoms with Crippen LogP contribution in [0.2, 0.25) is 0 Å². The maximum absolute atomic E-state index is 11.6. The number of carbonyl (C=O) groups is 2. The van der Waals surface area contributed by atoms with Crippen molar-refractivity contribution in [3.63, 3.8) is 0 Å². The molecular weight excluding hydrogens is 220 g/mol. The molecule has 0 aliphatic heterocycles. The minimum absolute atomic E-state index is 0.599. The number of esters is 2. The second kappa shape index (κ2) is 7.19. The number of hydrogen-bond donors (Lipinski definition) is 0. The predicted molar refractivity (Wildman–Crippen MR) is 41.6 cm³/mol. The van der Waals surface area contributed by atoms with Crippen LogP contribution in [-0.4, -0.2) is 24.8 Å². The van der Waals surface area contributed by atoms with E-state index in [0.717, 1.165) is 0 Å². The van der Waals surface area contributed by atoms with Crippen LogP contribution in [0.15, 0.2) is 0 Å². The summed E-state index contributed by atoms with van der Waals surface area (Å²) in [5.74, 6) is -2.23. The zero-order chi connectivity index (χ0) is 11.8. The van der Waals surface area contributed by atoms with Gasteiger partial charge < -0.3 is 4.74 Å². The monoisotopic (exact) mass is 230 g/mol. The predicted octanol–water partition coefficient (Wildman–Crippen LogP) is 2.15. The van der Waals surface area contributed by atoms with Crippen molar-refractivity contribution in [1.29, 1.82) is 0 Å². The van der Waals surface area contributed by atoms with E-state index in [4.69, 9.17) is 0 Å². The molecule has 0 aromatic carbocycles. The number of halogens is 4. The number of ether oxygens (including phenoxy) is 1. The molecule has 0 aliphatic carbocycles. The Hall–Kier alpha value is -1.14. The Morgan fingerprint density at radius 3 is 1.47 bits per heavy atom. The fourth-order valence-corrected chi connectivity index (χ4v) is 0.683. The molecule has 0 saturated heterocycles. The lowest BCUT2D eigenvalue weighted by molar-refractivity contribution is -0.160. The first-order valence-electron chi connectivity index (χ1n) is 4.21. The van der Waals surface area contributed by atoms with E-state index in [1.807, 2.05) is 0 Å². The van der Waals surface area contributed by atoms with Crippen LogP contribution in [0.3, 0.4) is 0 Å². The minimum atomic E-state index is -2.66. The molecule has 0 rings (SSSR count). The fraction of sp³-hybridized carbons (Fsp3) is 0.750. The molecule has 0 unspecified atom stereocenters. The molecule has 7 heteroatoms. The van der Waals surface area contributed by atoms with Crippen LogP contribution in [0, 0.1) is 0 Å². The Morgan fingerprint density at radius 2 is 1.20 bits per heavy atom. The number of alkyl halides is 4. The first kappa shape index (κ1) is 13.9. The van der Waals surface area contributed by atoms with Gasteiger partial charge in [-0.25, -0.2) is 17.6 Å². The van der Waals surface area contributed by atoms with Gasteiger partial charge >= 0.3 is 11.9 Å². The SMILES string of the molecule is O=C(CCC(F)F)OC(=O)CCC(F)F. The largest absolute Gasteiger partial charge is 0.393 e. The molecule has 0 fully saturated rings. The highest BCUT2D eigenvalue weighted by atomic mass is 19.3. The fourth-order valence-electron chi connectivity index (χ4n) is 0.683. The second-order valence-corrected chi connectivity index (χ2v) is 2.71. The van der Waals surface area contributed by atoms with E-state index in [1.165, 1.54) is 0 Å². The summed E-state index contributed by atoms with van der Waals surface area (Å²) >= 11 is 0. The smallest absolute Gasteiger partial charge is 0.313 e. The van der Waals surface area contributed by atoms with Gasteiger partial charge in [-0.1, -0.05) is 0 Å². The molecule has 0 bridgehead atoms. The summed E-state index contributed by atoms with van der Waals surface area (Å²) in [6.45, 7) is 0. The molecule has 88 valence electrons. The van der Waals surface area contributed by atoms with Crippen molar-refractivity contribution < 1.29 is 31.9 Å². The molecule has 0 saturated carbocycles. The van der Waals surface area contributed by atoms with Crippen LogP contribution in [-0.2, 0) is 14.3 Å². The van der Waals surface area contributed by atoms with E-state index in [-0.39, 0.29) is 0 Å². The van der Waals surface area contributed by atoms with Crippen LogP contribution < -0.4 is 0 Å². The van der Waals surface area contributed by atoms with Crippen LogP contribution in [0.1, 0.15) is 25.7 Å². The van der Waals surface area contributed by atoms with Crippen molar-refractivity contribution in [2.75, 3.05) is 0 Å². The van der Waals surface area contributed by atoms with Crippen molar-refractivity contribution in [1.82, 2.24) is 0 Å². The number of rotatable bonds is 6. The van der Waals surface area contributed by atoms with Crippen molar-refractivity contribution in [3.05, 3.63) is 0 Å². The number of carbonyl (C=O) groups excluding carboxylic acids is 2. The van der Waals surface area contributed by atoms with E-state index in [1.54, 1.807) is 0 Å². The molecule has 0 N–H and O–H groups in total. The minimum Gasteiger partial charge on any atom is -0.393 e. The van der Waals surface area contributed by atoms with Gasteiger partial charge in [0.05, 0.1) is 12.8 Å². The van der Waals surface area contributed by atoms with Crippen molar-refractivity contribution >= 4 is 11.9 Å². The van der Waals surface area contributed by atoms with Crippen molar-refractivity contribution in [3.8, 4) is 0 Å². The average molecular weight is 230 g/mol. The summed E-state index contributed by atoms with van der Waals surface area (Å²) in [7, 11) is 0. The number of hydrogen-bond acceptors (Lipinski definition) is 3. The third kappa shape index (κ3) is 9.17. The lowest BCUT2D eigenvalue weighted by Gasteiger charge is -2.02. The normalized spacial score (nSPS) is 10.8. The summed E-state index contributed by atoms with van der Waals surface area (Å²) in [5.41, 5.74) is 0. The molecule has 0 aromatic rings.